The first kappa shape index (κ1) is 24.5. The molecule has 174 valence electrons. The summed E-state index contributed by atoms with van der Waals surface area (Å²) < 4.78 is 79.9. The number of carbonyl (C=O) groups excluding carboxylic acids is 1. The topological polar surface area (TPSA) is 60.7 Å². The van der Waals surface area contributed by atoms with Crippen molar-refractivity contribution < 1.29 is 31.1 Å². The van der Waals surface area contributed by atoms with Crippen molar-refractivity contribution >= 4 is 28.7 Å². The summed E-state index contributed by atoms with van der Waals surface area (Å²) in [6.45, 7) is 3.65. The molecule has 0 aliphatic carbocycles. The number of halogens is 6. The van der Waals surface area contributed by atoms with Crippen LogP contribution in [0.4, 0.5) is 26.3 Å². The highest BCUT2D eigenvalue weighted by molar-refractivity contribution is 8.15. The first-order chi connectivity index (χ1) is 15.3. The van der Waals surface area contributed by atoms with E-state index >= 15 is 0 Å². The van der Waals surface area contributed by atoms with Crippen molar-refractivity contribution in [3.05, 3.63) is 65.7 Å². The summed E-state index contributed by atoms with van der Waals surface area (Å²) in [7, 11) is 0. The van der Waals surface area contributed by atoms with Gasteiger partial charge < -0.3 is 0 Å². The smallest absolute Gasteiger partial charge is 0.281 e. The predicted molar refractivity (Wildman–Crippen MR) is 112 cm³/mol. The number of hydrogen-bond acceptors (Lipinski definition) is 5. The Balaban J connectivity index is 2.06. The Bertz CT molecular complexity index is 1140. The van der Waals surface area contributed by atoms with E-state index in [0.717, 1.165) is 22.8 Å². The van der Waals surface area contributed by atoms with Crippen LogP contribution in [0.1, 0.15) is 30.5 Å². The lowest BCUT2D eigenvalue weighted by atomic mass is 10.0. The van der Waals surface area contributed by atoms with Crippen molar-refractivity contribution in [3.8, 4) is 11.4 Å². The molecule has 0 amide bonds. The minimum Gasteiger partial charge on any atom is -0.281 e. The SMILES string of the molecule is CC(C)SC(=O)/C(=C/n1cnc(-c2cc(C(F)(F)F)cc(C(F)(F)F)c2)n1)c1ccncc1. The van der Waals surface area contributed by atoms with Crippen LogP contribution in [0, 0.1) is 0 Å². The molecule has 0 fully saturated rings. The minimum absolute atomic E-state index is 0.0278. The van der Waals surface area contributed by atoms with E-state index < -0.39 is 29.0 Å². The number of carbonyl (C=O) groups is 1. The van der Waals surface area contributed by atoms with Gasteiger partial charge in [-0.1, -0.05) is 25.6 Å². The second-order valence-electron chi connectivity index (χ2n) is 7.08. The van der Waals surface area contributed by atoms with Crippen molar-refractivity contribution in [2.75, 3.05) is 0 Å². The normalized spacial score (nSPS) is 12.9. The molecule has 0 saturated heterocycles. The van der Waals surface area contributed by atoms with Gasteiger partial charge in [-0.2, -0.15) is 26.3 Å². The molecule has 12 heteroatoms. The monoisotopic (exact) mass is 486 g/mol. The molecule has 2 aromatic heterocycles. The zero-order valence-corrected chi connectivity index (χ0v) is 18.0. The van der Waals surface area contributed by atoms with Gasteiger partial charge in [-0.25, -0.2) is 9.67 Å². The molecule has 0 atom stereocenters. The summed E-state index contributed by atoms with van der Waals surface area (Å²) in [6, 6.07) is 4.30. The third-order valence-electron chi connectivity index (χ3n) is 4.17. The van der Waals surface area contributed by atoms with Crippen molar-refractivity contribution in [1.29, 1.82) is 0 Å². The maximum absolute atomic E-state index is 13.1. The largest absolute Gasteiger partial charge is 0.416 e. The molecule has 0 saturated carbocycles. The molecule has 2 heterocycles. The number of pyridine rings is 1. The van der Waals surface area contributed by atoms with E-state index in [-0.39, 0.29) is 27.8 Å². The van der Waals surface area contributed by atoms with Crippen LogP contribution in [0.3, 0.4) is 0 Å². The second kappa shape index (κ2) is 9.38. The van der Waals surface area contributed by atoms with E-state index in [9.17, 15) is 31.1 Å². The van der Waals surface area contributed by atoms with E-state index in [0.29, 0.717) is 17.7 Å². The molecule has 33 heavy (non-hydrogen) atoms. The number of nitrogens with zero attached hydrogens (tertiary/aromatic N) is 4. The van der Waals surface area contributed by atoms with E-state index in [2.05, 4.69) is 15.1 Å². The fourth-order valence-electron chi connectivity index (χ4n) is 2.74. The van der Waals surface area contributed by atoms with Gasteiger partial charge >= 0.3 is 12.4 Å². The Morgan fingerprint density at radius 1 is 1.00 bits per heavy atom. The highest BCUT2D eigenvalue weighted by Crippen LogP contribution is 2.38. The van der Waals surface area contributed by atoms with Crippen LogP contribution in [0.5, 0.6) is 0 Å². The van der Waals surface area contributed by atoms with Crippen LogP contribution < -0.4 is 0 Å². The van der Waals surface area contributed by atoms with Crippen LogP contribution in [-0.4, -0.2) is 30.1 Å². The van der Waals surface area contributed by atoms with Crippen LogP contribution in [0.15, 0.2) is 49.1 Å². The van der Waals surface area contributed by atoms with Gasteiger partial charge in [-0.3, -0.25) is 9.78 Å². The molecule has 0 bridgehead atoms. The van der Waals surface area contributed by atoms with Crippen LogP contribution in [-0.2, 0) is 17.1 Å². The van der Waals surface area contributed by atoms with Gasteiger partial charge in [0, 0.05) is 29.4 Å². The van der Waals surface area contributed by atoms with Gasteiger partial charge in [0.15, 0.2) is 5.82 Å². The molecular formula is C21H16F6N4OS. The lowest BCUT2D eigenvalue weighted by molar-refractivity contribution is -0.143. The first-order valence-corrected chi connectivity index (χ1v) is 10.3. The fraction of sp³-hybridized carbons (Fsp3) is 0.238. The lowest BCUT2D eigenvalue weighted by Gasteiger charge is -2.13. The van der Waals surface area contributed by atoms with E-state index in [1.165, 1.54) is 18.6 Å². The van der Waals surface area contributed by atoms with Crippen molar-refractivity contribution in [2.24, 2.45) is 0 Å². The molecule has 0 aliphatic heterocycles. The van der Waals surface area contributed by atoms with Gasteiger partial charge in [0.2, 0.25) is 5.12 Å². The van der Waals surface area contributed by atoms with Crippen molar-refractivity contribution in [1.82, 2.24) is 19.7 Å². The molecule has 0 aliphatic rings. The lowest BCUT2D eigenvalue weighted by Crippen LogP contribution is -2.11. The number of benzene rings is 1. The molecule has 0 unspecified atom stereocenters. The number of hydrogen-bond donors (Lipinski definition) is 0. The Labute approximate surface area is 188 Å². The number of aromatic nitrogens is 4. The van der Waals surface area contributed by atoms with Gasteiger partial charge in [0.05, 0.1) is 16.7 Å². The summed E-state index contributed by atoms with van der Waals surface area (Å²) in [5, 5.41) is 3.64. The fourth-order valence-corrected chi connectivity index (χ4v) is 3.47. The highest BCUT2D eigenvalue weighted by atomic mass is 32.2. The average molecular weight is 486 g/mol. The Morgan fingerprint density at radius 2 is 1.58 bits per heavy atom. The third kappa shape index (κ3) is 6.21. The maximum atomic E-state index is 13.1. The number of alkyl halides is 6. The zero-order valence-electron chi connectivity index (χ0n) is 17.1. The summed E-state index contributed by atoms with van der Waals surface area (Å²) in [5.41, 5.74) is -2.68. The van der Waals surface area contributed by atoms with Crippen LogP contribution in [0.2, 0.25) is 0 Å². The van der Waals surface area contributed by atoms with Crippen molar-refractivity contribution in [3.63, 3.8) is 0 Å². The molecule has 3 rings (SSSR count). The van der Waals surface area contributed by atoms with Crippen LogP contribution in [0.25, 0.3) is 23.2 Å². The van der Waals surface area contributed by atoms with Crippen LogP contribution >= 0.6 is 11.8 Å². The van der Waals surface area contributed by atoms with Gasteiger partial charge in [-0.05, 0) is 35.9 Å². The van der Waals surface area contributed by atoms with Crippen molar-refractivity contribution in [2.45, 2.75) is 31.5 Å². The zero-order chi connectivity index (χ0) is 24.4. The number of thioether (sulfide) groups is 1. The molecule has 5 nitrogen and oxygen atoms in total. The molecule has 1 aromatic carbocycles. The Morgan fingerprint density at radius 3 is 2.09 bits per heavy atom. The molecule has 0 spiro atoms. The molecule has 0 N–H and O–H groups in total. The summed E-state index contributed by atoms with van der Waals surface area (Å²) >= 11 is 1.05. The number of rotatable bonds is 5. The van der Waals surface area contributed by atoms with E-state index in [4.69, 9.17) is 0 Å². The molecule has 0 radical (unpaired) electrons. The standard InChI is InChI=1S/C21H16F6N4OS/c1-12(2)33-19(32)17(13-3-5-28-6-4-13)10-31-11-29-18(30-31)14-7-15(20(22,23)24)9-16(8-14)21(25,26)27/h3-12H,1-2H3/b17-10+. The Kier molecular flexibility index (Phi) is 6.96. The second-order valence-corrected chi connectivity index (χ2v) is 8.62. The quantitative estimate of drug-likeness (QED) is 0.325. The third-order valence-corrected chi connectivity index (χ3v) is 5.08. The van der Waals surface area contributed by atoms with E-state index in [1.54, 1.807) is 12.1 Å². The van der Waals surface area contributed by atoms with Gasteiger partial charge in [0.25, 0.3) is 0 Å². The maximum Gasteiger partial charge on any atom is 0.416 e. The predicted octanol–water partition coefficient (Wildman–Crippen LogP) is 6.04. The van der Waals surface area contributed by atoms with Gasteiger partial charge in [0.1, 0.15) is 6.33 Å². The molecule has 3 aromatic rings. The van der Waals surface area contributed by atoms with E-state index in [1.807, 2.05) is 13.8 Å². The average Bonchev–Trinajstić information content (AvgIpc) is 3.19. The first-order valence-electron chi connectivity index (χ1n) is 9.39. The summed E-state index contributed by atoms with van der Waals surface area (Å²) in [4.78, 5) is 20.4. The highest BCUT2D eigenvalue weighted by Gasteiger charge is 2.37. The van der Waals surface area contributed by atoms with Gasteiger partial charge in [-0.15, -0.1) is 5.10 Å². The molecular weight excluding hydrogens is 470 g/mol. The minimum atomic E-state index is -4.99. The summed E-state index contributed by atoms with van der Waals surface area (Å²) in [6.07, 6.45) is -4.63. The Hall–Kier alpha value is -3.15. The summed E-state index contributed by atoms with van der Waals surface area (Å²) in [5.74, 6) is -0.360.